The van der Waals surface area contributed by atoms with Gasteiger partial charge in [-0.3, -0.25) is 4.79 Å². The SMILES string of the molecule is CC1(CNC(=O)Cc2nc(CCl)cs2)CCC1. The van der Waals surface area contributed by atoms with Crippen molar-refractivity contribution in [3.05, 3.63) is 16.1 Å². The lowest BCUT2D eigenvalue weighted by molar-refractivity contribution is -0.121. The Hall–Kier alpha value is -0.610. The van der Waals surface area contributed by atoms with Crippen LogP contribution < -0.4 is 5.32 Å². The molecule has 1 aromatic rings. The van der Waals surface area contributed by atoms with Crippen molar-refractivity contribution in [2.45, 2.75) is 38.5 Å². The third kappa shape index (κ3) is 3.42. The molecule has 0 aromatic carbocycles. The molecule has 94 valence electrons. The number of carbonyl (C=O) groups is 1. The standard InChI is InChI=1S/C12H17ClN2OS/c1-12(3-2-4-12)8-14-10(16)5-11-15-9(6-13)7-17-11/h7H,2-6,8H2,1H3,(H,14,16). The van der Waals surface area contributed by atoms with E-state index in [9.17, 15) is 4.79 Å². The number of carbonyl (C=O) groups excluding carboxylic acids is 1. The van der Waals surface area contributed by atoms with E-state index in [2.05, 4.69) is 17.2 Å². The van der Waals surface area contributed by atoms with E-state index < -0.39 is 0 Å². The Labute approximate surface area is 111 Å². The minimum absolute atomic E-state index is 0.0635. The fourth-order valence-corrected chi connectivity index (χ4v) is 2.98. The van der Waals surface area contributed by atoms with Crippen LogP contribution in [0, 0.1) is 5.41 Å². The van der Waals surface area contributed by atoms with Crippen LogP contribution >= 0.6 is 22.9 Å². The summed E-state index contributed by atoms with van der Waals surface area (Å²) >= 11 is 7.17. The minimum Gasteiger partial charge on any atom is -0.355 e. The van der Waals surface area contributed by atoms with Gasteiger partial charge in [0, 0.05) is 11.9 Å². The van der Waals surface area contributed by atoms with Crippen molar-refractivity contribution >= 4 is 28.8 Å². The topological polar surface area (TPSA) is 42.0 Å². The highest BCUT2D eigenvalue weighted by Crippen LogP contribution is 2.39. The number of thiazole rings is 1. The molecule has 1 amide bonds. The number of nitrogens with one attached hydrogen (secondary N) is 1. The van der Waals surface area contributed by atoms with Gasteiger partial charge >= 0.3 is 0 Å². The molecule has 1 aromatic heterocycles. The first-order chi connectivity index (χ1) is 8.11. The van der Waals surface area contributed by atoms with E-state index in [1.165, 1.54) is 30.6 Å². The first kappa shape index (κ1) is 12.8. The second-order valence-corrected chi connectivity index (χ2v) is 6.19. The third-order valence-electron chi connectivity index (χ3n) is 3.32. The summed E-state index contributed by atoms with van der Waals surface area (Å²) in [4.78, 5) is 16.0. The minimum atomic E-state index is 0.0635. The average Bonchev–Trinajstić information content (AvgIpc) is 2.71. The van der Waals surface area contributed by atoms with Crippen molar-refractivity contribution in [2.75, 3.05) is 6.54 Å². The molecule has 5 heteroatoms. The zero-order valence-corrected chi connectivity index (χ0v) is 11.5. The zero-order chi connectivity index (χ0) is 12.3. The fourth-order valence-electron chi connectivity index (χ4n) is 1.96. The maximum Gasteiger partial charge on any atom is 0.226 e. The Bertz CT molecular complexity index is 401. The molecule has 1 aliphatic rings. The molecule has 0 spiro atoms. The van der Waals surface area contributed by atoms with Gasteiger partial charge in [-0.15, -0.1) is 22.9 Å². The lowest BCUT2D eigenvalue weighted by Crippen LogP contribution is -2.40. The largest absolute Gasteiger partial charge is 0.355 e. The quantitative estimate of drug-likeness (QED) is 0.838. The predicted octanol–water partition coefficient (Wildman–Crippen LogP) is 2.73. The zero-order valence-electron chi connectivity index (χ0n) is 9.96. The molecule has 0 unspecified atom stereocenters. The molecule has 1 aliphatic carbocycles. The number of nitrogens with zero attached hydrogens (tertiary/aromatic N) is 1. The Morgan fingerprint density at radius 1 is 1.65 bits per heavy atom. The Balaban J connectivity index is 1.76. The number of hydrogen-bond donors (Lipinski definition) is 1. The van der Waals surface area contributed by atoms with Crippen molar-refractivity contribution in [3.63, 3.8) is 0 Å². The monoisotopic (exact) mass is 272 g/mol. The van der Waals surface area contributed by atoms with Crippen LogP contribution in [0.2, 0.25) is 0 Å². The Morgan fingerprint density at radius 3 is 2.94 bits per heavy atom. The van der Waals surface area contributed by atoms with E-state index in [0.29, 0.717) is 17.7 Å². The summed E-state index contributed by atoms with van der Waals surface area (Å²) in [6.45, 7) is 3.02. The first-order valence-electron chi connectivity index (χ1n) is 5.87. The van der Waals surface area contributed by atoms with Crippen LogP contribution in [-0.4, -0.2) is 17.4 Å². The van der Waals surface area contributed by atoms with E-state index in [1.54, 1.807) is 0 Å². The molecule has 1 saturated carbocycles. The summed E-state index contributed by atoms with van der Waals surface area (Å²) in [6.07, 6.45) is 4.11. The summed E-state index contributed by atoms with van der Waals surface area (Å²) < 4.78 is 0. The lowest BCUT2D eigenvalue weighted by Gasteiger charge is -2.38. The van der Waals surface area contributed by atoms with Gasteiger partial charge in [-0.1, -0.05) is 13.3 Å². The highest BCUT2D eigenvalue weighted by atomic mass is 35.5. The van der Waals surface area contributed by atoms with Crippen LogP contribution in [0.5, 0.6) is 0 Å². The third-order valence-corrected chi connectivity index (χ3v) is 4.49. The summed E-state index contributed by atoms with van der Waals surface area (Å²) in [5, 5.41) is 5.75. The summed E-state index contributed by atoms with van der Waals surface area (Å²) in [5.41, 5.74) is 1.19. The molecule has 2 rings (SSSR count). The van der Waals surface area contributed by atoms with Crippen molar-refractivity contribution in [2.24, 2.45) is 5.41 Å². The number of halogens is 1. The molecule has 0 saturated heterocycles. The number of hydrogen-bond acceptors (Lipinski definition) is 3. The molecule has 0 aliphatic heterocycles. The molecule has 1 heterocycles. The van der Waals surface area contributed by atoms with Crippen molar-refractivity contribution in [1.82, 2.24) is 10.3 Å². The summed E-state index contributed by atoms with van der Waals surface area (Å²) in [7, 11) is 0. The normalized spacial score (nSPS) is 17.5. The smallest absolute Gasteiger partial charge is 0.226 e. The fraction of sp³-hybridized carbons (Fsp3) is 0.667. The summed E-state index contributed by atoms with van der Waals surface area (Å²) in [5.74, 6) is 0.476. The first-order valence-corrected chi connectivity index (χ1v) is 7.29. The molecule has 1 N–H and O–H groups in total. The average molecular weight is 273 g/mol. The second-order valence-electron chi connectivity index (χ2n) is 4.98. The lowest BCUT2D eigenvalue weighted by atomic mass is 9.70. The number of alkyl halides is 1. The van der Waals surface area contributed by atoms with E-state index in [0.717, 1.165) is 17.2 Å². The van der Waals surface area contributed by atoms with Crippen LogP contribution in [0.25, 0.3) is 0 Å². The Kier molecular flexibility index (Phi) is 4.05. The van der Waals surface area contributed by atoms with Crippen LogP contribution in [0.4, 0.5) is 0 Å². The van der Waals surface area contributed by atoms with Gasteiger partial charge in [0.1, 0.15) is 5.01 Å². The van der Waals surface area contributed by atoms with Crippen LogP contribution in [0.1, 0.15) is 36.9 Å². The van der Waals surface area contributed by atoms with Gasteiger partial charge in [0.05, 0.1) is 18.0 Å². The van der Waals surface area contributed by atoms with Gasteiger partial charge in [0.15, 0.2) is 0 Å². The number of rotatable bonds is 5. The maximum atomic E-state index is 11.7. The predicted molar refractivity (Wildman–Crippen MR) is 70.3 cm³/mol. The van der Waals surface area contributed by atoms with E-state index >= 15 is 0 Å². The molecule has 0 radical (unpaired) electrons. The highest BCUT2D eigenvalue weighted by molar-refractivity contribution is 7.09. The Morgan fingerprint density at radius 2 is 2.41 bits per heavy atom. The molecule has 0 bridgehead atoms. The van der Waals surface area contributed by atoms with Gasteiger partial charge in [-0.05, 0) is 18.3 Å². The van der Waals surface area contributed by atoms with Crippen molar-refractivity contribution < 1.29 is 4.79 Å². The van der Waals surface area contributed by atoms with Gasteiger partial charge in [-0.25, -0.2) is 4.98 Å². The van der Waals surface area contributed by atoms with Crippen LogP contribution in [0.3, 0.4) is 0 Å². The second kappa shape index (κ2) is 5.36. The molecule has 17 heavy (non-hydrogen) atoms. The van der Waals surface area contributed by atoms with E-state index in [1.807, 2.05) is 5.38 Å². The van der Waals surface area contributed by atoms with E-state index in [4.69, 9.17) is 11.6 Å². The molecular weight excluding hydrogens is 256 g/mol. The molecule has 3 nitrogen and oxygen atoms in total. The van der Waals surface area contributed by atoms with Gasteiger partial charge < -0.3 is 5.32 Å². The molecule has 0 atom stereocenters. The number of aromatic nitrogens is 1. The van der Waals surface area contributed by atoms with Gasteiger partial charge in [0.2, 0.25) is 5.91 Å². The van der Waals surface area contributed by atoms with Crippen LogP contribution in [-0.2, 0) is 17.1 Å². The van der Waals surface area contributed by atoms with E-state index in [-0.39, 0.29) is 5.91 Å². The molecular formula is C12H17ClN2OS. The maximum absolute atomic E-state index is 11.7. The van der Waals surface area contributed by atoms with Gasteiger partial charge in [0.25, 0.3) is 0 Å². The van der Waals surface area contributed by atoms with Crippen LogP contribution in [0.15, 0.2) is 5.38 Å². The van der Waals surface area contributed by atoms with Crippen molar-refractivity contribution in [3.8, 4) is 0 Å². The van der Waals surface area contributed by atoms with Gasteiger partial charge in [-0.2, -0.15) is 0 Å². The highest BCUT2D eigenvalue weighted by Gasteiger charge is 2.31. The summed E-state index contributed by atoms with van der Waals surface area (Å²) in [6, 6.07) is 0. The molecule has 1 fully saturated rings. The van der Waals surface area contributed by atoms with Crippen molar-refractivity contribution in [1.29, 1.82) is 0 Å². The number of amides is 1.